The van der Waals surface area contributed by atoms with Crippen LogP contribution in [0.5, 0.6) is 0 Å². The minimum Gasteiger partial charge on any atom is -0.480 e. The smallest absolute Gasteiger partial charge is 0.326 e. The van der Waals surface area contributed by atoms with E-state index in [1.165, 1.54) is 0 Å². The Bertz CT molecular complexity index is 479. The lowest BCUT2D eigenvalue weighted by atomic mass is 9.67. The van der Waals surface area contributed by atoms with Crippen LogP contribution in [0.15, 0.2) is 0 Å². The number of urea groups is 1. The Balaban J connectivity index is 2.43. The van der Waals surface area contributed by atoms with Gasteiger partial charge in [0, 0.05) is 12.8 Å². The first-order valence-electron chi connectivity index (χ1n) is 7.12. The van der Waals surface area contributed by atoms with Crippen molar-refractivity contribution in [2.75, 3.05) is 18.6 Å². The molecule has 0 aromatic rings. The highest BCUT2D eigenvalue weighted by Crippen LogP contribution is 2.42. The van der Waals surface area contributed by atoms with E-state index in [1.807, 2.05) is 0 Å². The van der Waals surface area contributed by atoms with Gasteiger partial charge in [0.2, 0.25) is 0 Å². The van der Waals surface area contributed by atoms with Crippen LogP contribution in [0, 0.1) is 5.41 Å². The zero-order valence-electron chi connectivity index (χ0n) is 12.5. The molecule has 0 aromatic heterocycles. The van der Waals surface area contributed by atoms with Crippen LogP contribution in [-0.2, 0) is 14.6 Å². The second kappa shape index (κ2) is 7.11. The molecule has 0 radical (unpaired) electrons. The predicted octanol–water partition coefficient (Wildman–Crippen LogP) is 0.754. The average Bonchev–Trinajstić information content (AvgIpc) is 2.32. The quantitative estimate of drug-likeness (QED) is 0.611. The summed E-state index contributed by atoms with van der Waals surface area (Å²) in [6, 6.07) is -1.76. The minimum atomic E-state index is -3.26. The maximum Gasteiger partial charge on any atom is 0.326 e. The van der Waals surface area contributed by atoms with E-state index in [1.54, 1.807) is 0 Å². The molecule has 0 heterocycles. The van der Waals surface area contributed by atoms with Gasteiger partial charge in [0.15, 0.2) is 0 Å². The van der Waals surface area contributed by atoms with Gasteiger partial charge in [0.05, 0.1) is 5.75 Å². The lowest BCUT2D eigenvalue weighted by molar-refractivity contribution is -0.139. The van der Waals surface area contributed by atoms with Crippen LogP contribution in [0.1, 0.15) is 39.0 Å². The number of sulfone groups is 1. The van der Waals surface area contributed by atoms with Gasteiger partial charge in [0.25, 0.3) is 0 Å². The molecule has 0 aromatic carbocycles. The summed E-state index contributed by atoms with van der Waals surface area (Å²) >= 11 is 0. The molecule has 1 saturated carbocycles. The number of rotatable bonds is 8. The summed E-state index contributed by atoms with van der Waals surface area (Å²) in [6.07, 6.45) is 5.17. The molecule has 0 spiro atoms. The van der Waals surface area contributed by atoms with Gasteiger partial charge in [-0.25, -0.2) is 18.0 Å². The largest absolute Gasteiger partial charge is 0.480 e. The van der Waals surface area contributed by atoms with Gasteiger partial charge in [-0.3, -0.25) is 0 Å². The molecule has 1 rings (SSSR count). The van der Waals surface area contributed by atoms with Crippen LogP contribution in [0.25, 0.3) is 0 Å². The zero-order chi connectivity index (χ0) is 16.1. The molecule has 3 N–H and O–H groups in total. The highest BCUT2D eigenvalue weighted by Gasteiger charge is 2.35. The van der Waals surface area contributed by atoms with E-state index in [0.29, 0.717) is 6.54 Å². The molecule has 1 aliphatic carbocycles. The Labute approximate surface area is 125 Å². The summed E-state index contributed by atoms with van der Waals surface area (Å²) in [6.45, 7) is 2.60. The highest BCUT2D eigenvalue weighted by molar-refractivity contribution is 7.90. The van der Waals surface area contributed by atoms with Gasteiger partial charge in [-0.15, -0.1) is 0 Å². The van der Waals surface area contributed by atoms with Gasteiger partial charge in [0.1, 0.15) is 15.9 Å². The van der Waals surface area contributed by atoms with Crippen molar-refractivity contribution in [2.24, 2.45) is 5.41 Å². The van der Waals surface area contributed by atoms with Crippen molar-refractivity contribution in [3.05, 3.63) is 0 Å². The number of amides is 2. The van der Waals surface area contributed by atoms with Gasteiger partial charge in [-0.2, -0.15) is 0 Å². The number of carbonyl (C=O) groups excluding carboxylic acids is 1. The Morgan fingerprint density at radius 3 is 2.33 bits per heavy atom. The van der Waals surface area contributed by atoms with Crippen LogP contribution < -0.4 is 10.6 Å². The molecule has 7 nitrogen and oxygen atoms in total. The topological polar surface area (TPSA) is 113 Å². The highest BCUT2D eigenvalue weighted by atomic mass is 32.2. The SMILES string of the molecule is CCC1(CNC(=O)NC(CCS(C)(=O)=O)C(=O)O)CCC1. The van der Waals surface area contributed by atoms with Crippen molar-refractivity contribution in [3.8, 4) is 0 Å². The number of hydrogen-bond donors (Lipinski definition) is 3. The normalized spacial score (nSPS) is 18.4. The molecule has 21 heavy (non-hydrogen) atoms. The third-order valence-corrected chi connectivity index (χ3v) is 5.15. The first kappa shape index (κ1) is 17.7. The van der Waals surface area contributed by atoms with E-state index < -0.39 is 27.9 Å². The summed E-state index contributed by atoms with van der Waals surface area (Å²) in [5.41, 5.74) is 0.142. The van der Waals surface area contributed by atoms with Crippen molar-refractivity contribution < 1.29 is 23.1 Å². The minimum absolute atomic E-state index is 0.138. The molecule has 0 saturated heterocycles. The number of carboxylic acid groups (broad SMARTS) is 1. The standard InChI is InChI=1S/C13H24N2O5S/c1-3-13(6-4-7-13)9-14-12(18)15-10(11(16)17)5-8-21(2,19)20/h10H,3-9H2,1-2H3,(H,16,17)(H2,14,15,18). The molecule has 1 fully saturated rings. The zero-order valence-corrected chi connectivity index (χ0v) is 13.3. The fourth-order valence-electron chi connectivity index (χ4n) is 2.40. The number of carboxylic acids is 1. The second-order valence-corrected chi connectivity index (χ2v) is 8.10. The van der Waals surface area contributed by atoms with E-state index in [9.17, 15) is 18.0 Å². The summed E-state index contributed by atoms with van der Waals surface area (Å²) in [5, 5.41) is 14.0. The van der Waals surface area contributed by atoms with Crippen LogP contribution in [0.2, 0.25) is 0 Å². The molecule has 122 valence electrons. The Morgan fingerprint density at radius 1 is 1.33 bits per heavy atom. The molecule has 1 unspecified atom stereocenters. The molecule has 0 aliphatic heterocycles. The summed E-state index contributed by atoms with van der Waals surface area (Å²) in [5.74, 6) is -1.51. The first-order chi connectivity index (χ1) is 9.67. The van der Waals surface area contributed by atoms with Gasteiger partial charge in [-0.1, -0.05) is 13.3 Å². The van der Waals surface area contributed by atoms with Gasteiger partial charge < -0.3 is 15.7 Å². The third kappa shape index (κ3) is 5.91. The molecular formula is C13H24N2O5S. The van der Waals surface area contributed by atoms with E-state index in [4.69, 9.17) is 5.11 Å². The van der Waals surface area contributed by atoms with Crippen LogP contribution in [0.3, 0.4) is 0 Å². The van der Waals surface area contributed by atoms with E-state index in [-0.39, 0.29) is 17.6 Å². The number of carbonyl (C=O) groups is 2. The summed E-state index contributed by atoms with van der Waals surface area (Å²) in [7, 11) is -3.26. The molecule has 2 amide bonds. The Hall–Kier alpha value is -1.31. The Kier molecular flexibility index (Phi) is 6.00. The molecule has 0 bridgehead atoms. The lowest BCUT2D eigenvalue weighted by Crippen LogP contribution is -2.50. The van der Waals surface area contributed by atoms with Crippen molar-refractivity contribution in [1.82, 2.24) is 10.6 Å². The summed E-state index contributed by atoms with van der Waals surface area (Å²) in [4.78, 5) is 22.8. The number of aliphatic carboxylic acids is 1. The maximum absolute atomic E-state index is 11.8. The van der Waals surface area contributed by atoms with Crippen molar-refractivity contribution in [3.63, 3.8) is 0 Å². The second-order valence-electron chi connectivity index (χ2n) is 5.84. The van der Waals surface area contributed by atoms with Gasteiger partial charge >= 0.3 is 12.0 Å². The molecule has 8 heteroatoms. The fraction of sp³-hybridized carbons (Fsp3) is 0.846. The van der Waals surface area contributed by atoms with Crippen molar-refractivity contribution in [1.29, 1.82) is 0 Å². The first-order valence-corrected chi connectivity index (χ1v) is 9.18. The fourth-order valence-corrected chi connectivity index (χ4v) is 3.06. The van der Waals surface area contributed by atoms with Crippen LogP contribution >= 0.6 is 0 Å². The van der Waals surface area contributed by atoms with E-state index >= 15 is 0 Å². The average molecular weight is 320 g/mol. The third-order valence-electron chi connectivity index (χ3n) is 4.17. The van der Waals surface area contributed by atoms with E-state index in [2.05, 4.69) is 17.6 Å². The lowest BCUT2D eigenvalue weighted by Gasteiger charge is -2.41. The molecule has 1 atom stereocenters. The van der Waals surface area contributed by atoms with Crippen LogP contribution in [-0.4, -0.2) is 50.1 Å². The Morgan fingerprint density at radius 2 is 1.95 bits per heavy atom. The van der Waals surface area contributed by atoms with Crippen molar-refractivity contribution >= 4 is 21.8 Å². The van der Waals surface area contributed by atoms with E-state index in [0.717, 1.165) is 31.9 Å². The van der Waals surface area contributed by atoms with Crippen molar-refractivity contribution in [2.45, 2.75) is 45.1 Å². The predicted molar refractivity (Wildman–Crippen MR) is 78.9 cm³/mol. The van der Waals surface area contributed by atoms with Crippen LogP contribution in [0.4, 0.5) is 4.79 Å². The number of hydrogen-bond acceptors (Lipinski definition) is 4. The monoisotopic (exact) mass is 320 g/mol. The van der Waals surface area contributed by atoms with Gasteiger partial charge in [-0.05, 0) is 31.1 Å². The molecule has 1 aliphatic rings. The molecular weight excluding hydrogens is 296 g/mol. The summed E-state index contributed by atoms with van der Waals surface area (Å²) < 4.78 is 22.1. The number of nitrogens with one attached hydrogen (secondary N) is 2. The maximum atomic E-state index is 11.8.